The first kappa shape index (κ1) is 9.26. The van der Waals surface area contributed by atoms with Crippen molar-refractivity contribution in [3.8, 4) is 0 Å². The molecular formula is C9H17N3. The standard InChI is InChI=1S/C9H17N3/c1-11(2)6-3-4-7-12-8-5-10-9-12/h5,8-9H,3-4,6-7H2,1-2H3. The number of rotatable bonds is 5. The van der Waals surface area contributed by atoms with Crippen LogP contribution in [0.3, 0.4) is 0 Å². The Labute approximate surface area is 74.0 Å². The van der Waals surface area contributed by atoms with Crippen molar-refractivity contribution in [1.82, 2.24) is 14.5 Å². The Kier molecular flexibility index (Phi) is 3.80. The van der Waals surface area contributed by atoms with E-state index in [1.165, 1.54) is 19.4 Å². The van der Waals surface area contributed by atoms with Crippen molar-refractivity contribution in [3.05, 3.63) is 18.7 Å². The van der Waals surface area contributed by atoms with Gasteiger partial charge in [0.2, 0.25) is 0 Å². The Bertz CT molecular complexity index is 192. The normalized spacial score (nSPS) is 10.9. The molecule has 0 aliphatic carbocycles. The van der Waals surface area contributed by atoms with E-state index >= 15 is 0 Å². The molecule has 3 nitrogen and oxygen atoms in total. The van der Waals surface area contributed by atoms with Crippen LogP contribution in [0, 0.1) is 0 Å². The SMILES string of the molecule is CN(C)CCCCn1ccnc1. The first-order valence-corrected chi connectivity index (χ1v) is 4.39. The van der Waals surface area contributed by atoms with Crippen molar-refractivity contribution in [2.75, 3.05) is 20.6 Å². The fourth-order valence-electron chi connectivity index (χ4n) is 1.14. The third-order valence-corrected chi connectivity index (χ3v) is 1.83. The Balaban J connectivity index is 2.04. The summed E-state index contributed by atoms with van der Waals surface area (Å²) in [4.78, 5) is 6.20. The summed E-state index contributed by atoms with van der Waals surface area (Å²) in [7, 11) is 4.22. The van der Waals surface area contributed by atoms with E-state index < -0.39 is 0 Å². The molecule has 1 rings (SSSR count). The lowest BCUT2D eigenvalue weighted by molar-refractivity contribution is 0.387. The lowest BCUT2D eigenvalue weighted by Gasteiger charge is -2.08. The minimum absolute atomic E-state index is 1.09. The van der Waals surface area contributed by atoms with E-state index in [1.54, 1.807) is 0 Å². The quantitative estimate of drug-likeness (QED) is 0.615. The second-order valence-corrected chi connectivity index (χ2v) is 3.31. The predicted octanol–water partition coefficient (Wildman–Crippen LogP) is 1.22. The van der Waals surface area contributed by atoms with Crippen LogP contribution in [-0.4, -0.2) is 35.1 Å². The maximum absolute atomic E-state index is 3.99. The summed E-state index contributed by atoms with van der Waals surface area (Å²) >= 11 is 0. The second kappa shape index (κ2) is 4.93. The molecule has 3 heteroatoms. The highest BCUT2D eigenvalue weighted by Crippen LogP contribution is 1.95. The minimum Gasteiger partial charge on any atom is -0.337 e. The summed E-state index contributed by atoms with van der Waals surface area (Å²) in [5.74, 6) is 0. The maximum Gasteiger partial charge on any atom is 0.0945 e. The van der Waals surface area contributed by atoms with Crippen molar-refractivity contribution >= 4 is 0 Å². The highest BCUT2D eigenvalue weighted by Gasteiger charge is 1.92. The van der Waals surface area contributed by atoms with Crippen LogP contribution >= 0.6 is 0 Å². The number of aryl methyl sites for hydroxylation is 1. The molecule has 0 aromatic carbocycles. The predicted molar refractivity (Wildman–Crippen MR) is 50.0 cm³/mol. The van der Waals surface area contributed by atoms with Gasteiger partial charge in [-0.05, 0) is 33.5 Å². The lowest BCUT2D eigenvalue weighted by atomic mass is 10.3. The van der Waals surface area contributed by atoms with Crippen molar-refractivity contribution in [3.63, 3.8) is 0 Å². The highest BCUT2D eigenvalue weighted by atomic mass is 15.0. The minimum atomic E-state index is 1.09. The Morgan fingerprint density at radius 3 is 2.75 bits per heavy atom. The number of nitrogens with zero attached hydrogens (tertiary/aromatic N) is 3. The molecule has 0 unspecified atom stereocenters. The average molecular weight is 167 g/mol. The zero-order valence-corrected chi connectivity index (χ0v) is 7.90. The summed E-state index contributed by atoms with van der Waals surface area (Å²) < 4.78 is 2.12. The summed E-state index contributed by atoms with van der Waals surface area (Å²) in [5.41, 5.74) is 0. The average Bonchev–Trinajstić information content (AvgIpc) is 2.49. The van der Waals surface area contributed by atoms with Gasteiger partial charge in [-0.3, -0.25) is 0 Å². The molecule has 0 bridgehead atoms. The molecule has 68 valence electrons. The van der Waals surface area contributed by atoms with Gasteiger partial charge in [0.05, 0.1) is 6.33 Å². The number of hydrogen-bond donors (Lipinski definition) is 0. The summed E-state index contributed by atoms with van der Waals surface area (Å²) in [6.45, 7) is 2.27. The van der Waals surface area contributed by atoms with Gasteiger partial charge in [-0.25, -0.2) is 4.98 Å². The van der Waals surface area contributed by atoms with Gasteiger partial charge in [0.25, 0.3) is 0 Å². The topological polar surface area (TPSA) is 21.1 Å². The van der Waals surface area contributed by atoms with E-state index in [-0.39, 0.29) is 0 Å². The lowest BCUT2D eigenvalue weighted by Crippen LogP contribution is -2.13. The fourth-order valence-corrected chi connectivity index (χ4v) is 1.14. The molecule has 0 N–H and O–H groups in total. The molecule has 12 heavy (non-hydrogen) atoms. The van der Waals surface area contributed by atoms with Crippen LogP contribution in [-0.2, 0) is 6.54 Å². The van der Waals surface area contributed by atoms with Crippen molar-refractivity contribution in [2.24, 2.45) is 0 Å². The highest BCUT2D eigenvalue weighted by molar-refractivity contribution is 4.73. The van der Waals surface area contributed by atoms with Gasteiger partial charge in [0.15, 0.2) is 0 Å². The van der Waals surface area contributed by atoms with Crippen LogP contribution in [0.1, 0.15) is 12.8 Å². The molecule has 0 amide bonds. The summed E-state index contributed by atoms with van der Waals surface area (Å²) in [6.07, 6.45) is 8.19. The van der Waals surface area contributed by atoms with E-state index in [0.29, 0.717) is 0 Å². The zero-order valence-electron chi connectivity index (χ0n) is 7.90. The third-order valence-electron chi connectivity index (χ3n) is 1.83. The van der Waals surface area contributed by atoms with E-state index in [1.807, 2.05) is 18.7 Å². The first-order chi connectivity index (χ1) is 5.79. The van der Waals surface area contributed by atoms with E-state index in [4.69, 9.17) is 0 Å². The molecule has 0 saturated heterocycles. The van der Waals surface area contributed by atoms with Crippen LogP contribution in [0.25, 0.3) is 0 Å². The van der Waals surface area contributed by atoms with Gasteiger partial charge >= 0.3 is 0 Å². The number of unbranched alkanes of at least 4 members (excludes halogenated alkanes) is 1. The van der Waals surface area contributed by atoms with Gasteiger partial charge < -0.3 is 9.47 Å². The summed E-state index contributed by atoms with van der Waals surface area (Å²) in [5, 5.41) is 0. The Morgan fingerprint density at radius 1 is 1.33 bits per heavy atom. The largest absolute Gasteiger partial charge is 0.337 e. The van der Waals surface area contributed by atoms with Gasteiger partial charge in [-0.2, -0.15) is 0 Å². The van der Waals surface area contributed by atoms with E-state index in [2.05, 4.69) is 28.5 Å². The zero-order chi connectivity index (χ0) is 8.81. The van der Waals surface area contributed by atoms with Crippen LogP contribution in [0.5, 0.6) is 0 Å². The van der Waals surface area contributed by atoms with E-state index in [0.717, 1.165) is 6.54 Å². The summed E-state index contributed by atoms with van der Waals surface area (Å²) in [6, 6.07) is 0. The number of imidazole rings is 1. The molecule has 1 aromatic rings. The smallest absolute Gasteiger partial charge is 0.0945 e. The molecule has 0 atom stereocenters. The Morgan fingerprint density at radius 2 is 2.17 bits per heavy atom. The molecule has 0 saturated carbocycles. The van der Waals surface area contributed by atoms with Crippen LogP contribution in [0.4, 0.5) is 0 Å². The molecular weight excluding hydrogens is 150 g/mol. The number of aromatic nitrogens is 2. The maximum atomic E-state index is 3.99. The molecule has 0 radical (unpaired) electrons. The molecule has 1 aromatic heterocycles. The van der Waals surface area contributed by atoms with Gasteiger partial charge in [0, 0.05) is 18.9 Å². The van der Waals surface area contributed by atoms with Gasteiger partial charge in [-0.1, -0.05) is 0 Å². The van der Waals surface area contributed by atoms with Gasteiger partial charge in [-0.15, -0.1) is 0 Å². The monoisotopic (exact) mass is 167 g/mol. The fraction of sp³-hybridized carbons (Fsp3) is 0.667. The number of hydrogen-bond acceptors (Lipinski definition) is 2. The van der Waals surface area contributed by atoms with Crippen molar-refractivity contribution in [1.29, 1.82) is 0 Å². The molecule has 0 aliphatic heterocycles. The third kappa shape index (κ3) is 3.53. The Hall–Kier alpha value is -0.830. The van der Waals surface area contributed by atoms with Crippen LogP contribution in [0.15, 0.2) is 18.7 Å². The van der Waals surface area contributed by atoms with Crippen LogP contribution < -0.4 is 0 Å². The molecule has 0 aliphatic rings. The molecule has 0 fully saturated rings. The molecule has 1 heterocycles. The second-order valence-electron chi connectivity index (χ2n) is 3.31. The van der Waals surface area contributed by atoms with Crippen molar-refractivity contribution < 1.29 is 0 Å². The molecule has 0 spiro atoms. The van der Waals surface area contributed by atoms with Gasteiger partial charge in [0.1, 0.15) is 0 Å². The van der Waals surface area contributed by atoms with Crippen LogP contribution in [0.2, 0.25) is 0 Å². The van der Waals surface area contributed by atoms with Crippen molar-refractivity contribution in [2.45, 2.75) is 19.4 Å². The first-order valence-electron chi connectivity index (χ1n) is 4.39. The van der Waals surface area contributed by atoms with E-state index in [9.17, 15) is 0 Å².